The number of fused-ring (bicyclic) bond motifs is 1. The minimum absolute atomic E-state index is 0.0916. The summed E-state index contributed by atoms with van der Waals surface area (Å²) in [5.74, 6) is 1.57. The number of anilines is 2. The Kier molecular flexibility index (Phi) is 5.75. The molecule has 1 fully saturated rings. The van der Waals surface area contributed by atoms with E-state index in [1.807, 2.05) is 33.9 Å². The summed E-state index contributed by atoms with van der Waals surface area (Å²) in [7, 11) is 1.82. The summed E-state index contributed by atoms with van der Waals surface area (Å²) >= 11 is 0. The molecular formula is C25H33FN4O. The van der Waals surface area contributed by atoms with Crippen LogP contribution in [0.4, 0.5) is 15.9 Å². The summed E-state index contributed by atoms with van der Waals surface area (Å²) in [6, 6.07) is 5.57. The van der Waals surface area contributed by atoms with Crippen molar-refractivity contribution in [1.82, 2.24) is 9.97 Å². The van der Waals surface area contributed by atoms with Crippen molar-refractivity contribution in [2.45, 2.75) is 71.8 Å². The smallest absolute Gasteiger partial charge is 0.234 e. The predicted molar refractivity (Wildman–Crippen MR) is 122 cm³/mol. The van der Waals surface area contributed by atoms with Gasteiger partial charge in [0.1, 0.15) is 17.3 Å². The van der Waals surface area contributed by atoms with E-state index >= 15 is 0 Å². The first-order valence-corrected chi connectivity index (χ1v) is 11.3. The minimum Gasteiger partial charge on any atom is -0.351 e. The van der Waals surface area contributed by atoms with Gasteiger partial charge >= 0.3 is 0 Å². The average molecular weight is 425 g/mol. The molecule has 2 aromatic rings. The maximum atomic E-state index is 13.9. The van der Waals surface area contributed by atoms with Crippen LogP contribution in [0.5, 0.6) is 0 Å². The summed E-state index contributed by atoms with van der Waals surface area (Å²) < 4.78 is 13.9. The third kappa shape index (κ3) is 4.30. The molecule has 2 aliphatic rings. The largest absolute Gasteiger partial charge is 0.351 e. The van der Waals surface area contributed by atoms with Crippen LogP contribution in [0.25, 0.3) is 0 Å². The van der Waals surface area contributed by atoms with Crippen LogP contribution in [0, 0.1) is 18.2 Å². The molecule has 6 heteroatoms. The molecule has 1 amide bonds. The Morgan fingerprint density at radius 1 is 1.23 bits per heavy atom. The van der Waals surface area contributed by atoms with Crippen molar-refractivity contribution >= 4 is 17.4 Å². The van der Waals surface area contributed by atoms with Crippen molar-refractivity contribution in [3.05, 3.63) is 47.2 Å². The SMILES string of the molecule is Cc1cc(F)cc([C@@H](C)Cc2ncc3c(n2)N(C2CCCC2)CC(C)(C)C(=O)N3C)c1. The lowest BCUT2D eigenvalue weighted by Crippen LogP contribution is -2.45. The molecule has 0 N–H and O–H groups in total. The highest BCUT2D eigenvalue weighted by molar-refractivity contribution is 6.00. The summed E-state index contributed by atoms with van der Waals surface area (Å²) in [5.41, 5.74) is 2.15. The zero-order valence-electron chi connectivity index (χ0n) is 19.3. The van der Waals surface area contributed by atoms with Crippen LogP contribution >= 0.6 is 0 Å². The van der Waals surface area contributed by atoms with Crippen LogP contribution in [0.1, 0.15) is 69.3 Å². The minimum atomic E-state index is -0.495. The lowest BCUT2D eigenvalue weighted by atomic mass is 9.91. The van der Waals surface area contributed by atoms with Crippen LogP contribution in [0.2, 0.25) is 0 Å². The Morgan fingerprint density at radius 3 is 2.61 bits per heavy atom. The third-order valence-corrected chi connectivity index (χ3v) is 6.77. The highest BCUT2D eigenvalue weighted by Crippen LogP contribution is 2.40. The molecule has 0 bridgehead atoms. The van der Waals surface area contributed by atoms with E-state index in [0.29, 0.717) is 19.0 Å². The Hall–Kier alpha value is -2.50. The maximum Gasteiger partial charge on any atom is 0.234 e. The second-order valence-corrected chi connectivity index (χ2v) is 9.98. The monoisotopic (exact) mass is 424 g/mol. The first-order valence-electron chi connectivity index (χ1n) is 11.3. The molecular weight excluding hydrogens is 391 g/mol. The van der Waals surface area contributed by atoms with E-state index in [1.54, 1.807) is 23.2 Å². The zero-order valence-corrected chi connectivity index (χ0v) is 19.3. The van der Waals surface area contributed by atoms with Crippen molar-refractivity contribution < 1.29 is 9.18 Å². The Bertz CT molecular complexity index is 963. The van der Waals surface area contributed by atoms with Crippen molar-refractivity contribution in [2.24, 2.45) is 5.41 Å². The number of hydrogen-bond acceptors (Lipinski definition) is 4. The number of aromatic nitrogens is 2. The van der Waals surface area contributed by atoms with Crippen molar-refractivity contribution in [1.29, 1.82) is 0 Å². The average Bonchev–Trinajstić information content (AvgIpc) is 3.22. The Labute approximate surface area is 184 Å². The lowest BCUT2D eigenvalue weighted by Gasteiger charge is -2.34. The standard InChI is InChI=1S/C25H33FN4O/c1-16-10-18(13-19(26)11-16)17(2)12-22-27-14-21-23(28-22)30(20-8-6-7-9-20)15-25(3,4)24(31)29(21)5/h10-11,13-14,17,20H,6-9,12,15H2,1-5H3/t17-/m0/s1. The highest BCUT2D eigenvalue weighted by Gasteiger charge is 2.41. The number of carbonyl (C=O) groups is 1. The number of hydrogen-bond donors (Lipinski definition) is 0. The maximum absolute atomic E-state index is 13.9. The van der Waals surface area contributed by atoms with Crippen LogP contribution in [0.3, 0.4) is 0 Å². The molecule has 1 saturated carbocycles. The number of rotatable bonds is 4. The van der Waals surface area contributed by atoms with Crippen LogP contribution in [-0.4, -0.2) is 35.5 Å². The fourth-order valence-electron chi connectivity index (χ4n) is 5.04. The van der Waals surface area contributed by atoms with Gasteiger partial charge in [0.05, 0.1) is 11.6 Å². The molecule has 1 aromatic carbocycles. The molecule has 2 heterocycles. The van der Waals surface area contributed by atoms with Gasteiger partial charge in [-0.1, -0.05) is 25.8 Å². The van der Waals surface area contributed by atoms with E-state index in [1.165, 1.54) is 12.8 Å². The zero-order chi connectivity index (χ0) is 22.3. The number of aryl methyl sites for hydroxylation is 1. The van der Waals surface area contributed by atoms with Gasteiger partial charge in [-0.25, -0.2) is 14.4 Å². The van der Waals surface area contributed by atoms with E-state index in [0.717, 1.165) is 41.3 Å². The fourth-order valence-corrected chi connectivity index (χ4v) is 5.04. The highest BCUT2D eigenvalue weighted by atomic mass is 19.1. The molecule has 166 valence electrons. The molecule has 0 unspecified atom stereocenters. The third-order valence-electron chi connectivity index (χ3n) is 6.77. The number of nitrogens with zero attached hydrogens (tertiary/aromatic N) is 4. The fraction of sp³-hybridized carbons (Fsp3) is 0.560. The van der Waals surface area contributed by atoms with Crippen LogP contribution in [-0.2, 0) is 11.2 Å². The quantitative estimate of drug-likeness (QED) is 0.691. The molecule has 5 nitrogen and oxygen atoms in total. The molecule has 1 aliphatic carbocycles. The van der Waals surface area contributed by atoms with Gasteiger partial charge in [0.2, 0.25) is 5.91 Å². The van der Waals surface area contributed by atoms with E-state index in [9.17, 15) is 9.18 Å². The van der Waals surface area contributed by atoms with Gasteiger partial charge in [0.15, 0.2) is 5.82 Å². The van der Waals surface area contributed by atoms with E-state index in [2.05, 4.69) is 16.8 Å². The molecule has 1 aliphatic heterocycles. The number of halogens is 1. The van der Waals surface area contributed by atoms with Gasteiger partial charge in [-0.05, 0) is 62.8 Å². The predicted octanol–water partition coefficient (Wildman–Crippen LogP) is 5.02. The van der Waals surface area contributed by atoms with Crippen LogP contribution in [0.15, 0.2) is 24.4 Å². The van der Waals surface area contributed by atoms with E-state index in [4.69, 9.17) is 4.98 Å². The van der Waals surface area contributed by atoms with Crippen molar-refractivity contribution in [3.63, 3.8) is 0 Å². The van der Waals surface area contributed by atoms with Gasteiger partial charge in [0.25, 0.3) is 0 Å². The van der Waals surface area contributed by atoms with Gasteiger partial charge in [-0.3, -0.25) is 4.79 Å². The van der Waals surface area contributed by atoms with Gasteiger partial charge in [-0.2, -0.15) is 0 Å². The first-order chi connectivity index (χ1) is 14.7. The van der Waals surface area contributed by atoms with Gasteiger partial charge < -0.3 is 9.80 Å². The normalized spacial score (nSPS) is 20.0. The van der Waals surface area contributed by atoms with Crippen LogP contribution < -0.4 is 9.80 Å². The van der Waals surface area contributed by atoms with Crippen molar-refractivity contribution in [3.8, 4) is 0 Å². The molecule has 1 atom stereocenters. The van der Waals surface area contributed by atoms with Crippen molar-refractivity contribution in [2.75, 3.05) is 23.4 Å². The molecule has 0 saturated heterocycles. The second kappa shape index (κ2) is 8.21. The number of amides is 1. The summed E-state index contributed by atoms with van der Waals surface area (Å²) in [6.07, 6.45) is 7.11. The summed E-state index contributed by atoms with van der Waals surface area (Å²) in [6.45, 7) is 8.68. The summed E-state index contributed by atoms with van der Waals surface area (Å²) in [4.78, 5) is 26.8. The molecule has 1 aromatic heterocycles. The van der Waals surface area contributed by atoms with E-state index in [-0.39, 0.29) is 17.6 Å². The first kappa shape index (κ1) is 21.7. The van der Waals surface area contributed by atoms with E-state index < -0.39 is 5.41 Å². The topological polar surface area (TPSA) is 49.3 Å². The number of benzene rings is 1. The molecule has 4 rings (SSSR count). The molecule has 0 radical (unpaired) electrons. The van der Waals surface area contributed by atoms with Gasteiger partial charge in [-0.15, -0.1) is 0 Å². The second-order valence-electron chi connectivity index (χ2n) is 9.98. The molecule has 31 heavy (non-hydrogen) atoms. The molecule has 0 spiro atoms. The van der Waals surface area contributed by atoms with Gasteiger partial charge in [0, 0.05) is 26.1 Å². The summed E-state index contributed by atoms with van der Waals surface area (Å²) in [5, 5.41) is 0. The lowest BCUT2D eigenvalue weighted by molar-refractivity contribution is -0.125. The Balaban J connectivity index is 1.70. The number of carbonyl (C=O) groups excluding carboxylic acids is 1. The Morgan fingerprint density at radius 2 is 1.94 bits per heavy atom.